The molecule has 0 radical (unpaired) electrons. The van der Waals surface area contributed by atoms with E-state index in [1.165, 1.54) is 22.4 Å². The molecule has 5 nitrogen and oxygen atoms in total. The first-order valence-corrected chi connectivity index (χ1v) is 7.32. The van der Waals surface area contributed by atoms with E-state index < -0.39 is 5.97 Å². The lowest BCUT2D eigenvalue weighted by Crippen LogP contribution is -2.21. The summed E-state index contributed by atoms with van der Waals surface area (Å²) in [6.45, 7) is 6.19. The van der Waals surface area contributed by atoms with Gasteiger partial charge in [-0.25, -0.2) is 9.78 Å². The van der Waals surface area contributed by atoms with E-state index in [-0.39, 0.29) is 5.69 Å². The fraction of sp³-hybridized carbons (Fsp3) is 0.286. The number of aromatic nitrogens is 1. The van der Waals surface area contributed by atoms with E-state index in [0.717, 1.165) is 18.8 Å². The Morgan fingerprint density at radius 3 is 2.45 bits per heavy atom. The van der Waals surface area contributed by atoms with Gasteiger partial charge in [-0.2, -0.15) is 0 Å². The number of benzene rings is 1. The quantitative estimate of drug-likeness (QED) is 0.853. The minimum Gasteiger partial charge on any atom is -0.476 e. The van der Waals surface area contributed by atoms with Crippen LogP contribution in [0.4, 0.5) is 16.5 Å². The molecular formula is C14H17N3O2S. The maximum atomic E-state index is 10.8. The maximum Gasteiger partial charge on any atom is 0.355 e. The van der Waals surface area contributed by atoms with Crippen molar-refractivity contribution in [2.75, 3.05) is 23.3 Å². The minimum atomic E-state index is -1.01. The Morgan fingerprint density at radius 2 is 1.95 bits per heavy atom. The topological polar surface area (TPSA) is 65.5 Å². The third-order valence-corrected chi connectivity index (χ3v) is 3.73. The number of anilines is 3. The van der Waals surface area contributed by atoms with Crippen molar-refractivity contribution < 1.29 is 9.90 Å². The van der Waals surface area contributed by atoms with Crippen LogP contribution in [0.1, 0.15) is 24.3 Å². The summed E-state index contributed by atoms with van der Waals surface area (Å²) >= 11 is 1.28. The van der Waals surface area contributed by atoms with Crippen molar-refractivity contribution >= 4 is 33.8 Å². The number of hydrogen-bond acceptors (Lipinski definition) is 5. The number of thiazole rings is 1. The molecule has 1 aromatic heterocycles. The van der Waals surface area contributed by atoms with Gasteiger partial charge >= 0.3 is 5.97 Å². The van der Waals surface area contributed by atoms with E-state index in [1.807, 2.05) is 24.3 Å². The molecule has 0 aliphatic carbocycles. The van der Waals surface area contributed by atoms with Gasteiger partial charge in [0.05, 0.1) is 0 Å². The van der Waals surface area contributed by atoms with Crippen molar-refractivity contribution in [2.45, 2.75) is 13.8 Å². The largest absolute Gasteiger partial charge is 0.476 e. The third kappa shape index (κ3) is 3.27. The van der Waals surface area contributed by atoms with Gasteiger partial charge in [-0.05, 0) is 38.1 Å². The van der Waals surface area contributed by atoms with E-state index in [4.69, 9.17) is 5.11 Å². The summed E-state index contributed by atoms with van der Waals surface area (Å²) in [6, 6.07) is 8.02. The van der Waals surface area contributed by atoms with Crippen LogP contribution in [0.5, 0.6) is 0 Å². The summed E-state index contributed by atoms with van der Waals surface area (Å²) < 4.78 is 0. The molecule has 0 aliphatic heterocycles. The monoisotopic (exact) mass is 291 g/mol. The number of carbonyl (C=O) groups is 1. The van der Waals surface area contributed by atoms with Crippen LogP contribution in [0, 0.1) is 0 Å². The molecule has 2 aromatic rings. The van der Waals surface area contributed by atoms with Gasteiger partial charge in [0, 0.05) is 29.8 Å². The van der Waals surface area contributed by atoms with Crippen LogP contribution in [-0.4, -0.2) is 29.1 Å². The lowest BCUT2D eigenvalue weighted by molar-refractivity contribution is 0.0691. The summed E-state index contributed by atoms with van der Waals surface area (Å²) in [6.07, 6.45) is 0. The average molecular weight is 291 g/mol. The molecule has 20 heavy (non-hydrogen) atoms. The minimum absolute atomic E-state index is 0.0669. The standard InChI is InChI=1S/C14H17N3O2S/c1-3-17(4-2)11-7-5-10(6-8-11)15-14-16-12(9-20-14)13(18)19/h5-9H,3-4H2,1-2H3,(H,15,16)(H,18,19). The SMILES string of the molecule is CCN(CC)c1ccc(Nc2nc(C(=O)O)cs2)cc1. The zero-order chi connectivity index (χ0) is 14.5. The second-order valence-electron chi connectivity index (χ2n) is 4.19. The number of nitrogens with one attached hydrogen (secondary N) is 1. The first-order valence-electron chi connectivity index (χ1n) is 6.45. The van der Waals surface area contributed by atoms with Crippen LogP contribution in [0.3, 0.4) is 0 Å². The Morgan fingerprint density at radius 1 is 1.30 bits per heavy atom. The fourth-order valence-corrected chi connectivity index (χ4v) is 2.60. The molecule has 0 saturated carbocycles. The predicted molar refractivity (Wildman–Crippen MR) is 82.4 cm³/mol. The molecule has 0 bridgehead atoms. The van der Waals surface area contributed by atoms with Crippen LogP contribution in [-0.2, 0) is 0 Å². The summed E-state index contributed by atoms with van der Waals surface area (Å²) in [5.41, 5.74) is 2.13. The smallest absolute Gasteiger partial charge is 0.355 e. The van der Waals surface area contributed by atoms with E-state index >= 15 is 0 Å². The zero-order valence-electron chi connectivity index (χ0n) is 11.5. The zero-order valence-corrected chi connectivity index (χ0v) is 12.3. The Bertz CT molecular complexity index is 576. The van der Waals surface area contributed by atoms with Crippen LogP contribution in [0.25, 0.3) is 0 Å². The summed E-state index contributed by atoms with van der Waals surface area (Å²) in [7, 11) is 0. The molecule has 1 heterocycles. The summed E-state index contributed by atoms with van der Waals surface area (Å²) in [4.78, 5) is 17.0. The number of carboxylic acids is 1. The lowest BCUT2D eigenvalue weighted by atomic mass is 10.2. The van der Waals surface area contributed by atoms with Gasteiger partial charge in [0.15, 0.2) is 10.8 Å². The highest BCUT2D eigenvalue weighted by atomic mass is 32.1. The third-order valence-electron chi connectivity index (χ3n) is 2.97. The number of nitrogens with zero attached hydrogens (tertiary/aromatic N) is 2. The molecule has 1 aromatic carbocycles. The van der Waals surface area contributed by atoms with Crippen molar-refractivity contribution in [1.29, 1.82) is 0 Å². The van der Waals surface area contributed by atoms with Crippen LogP contribution in [0.2, 0.25) is 0 Å². The molecule has 6 heteroatoms. The Labute approximate surface area is 121 Å². The number of hydrogen-bond donors (Lipinski definition) is 2. The molecule has 0 fully saturated rings. The van der Waals surface area contributed by atoms with Crippen molar-refractivity contribution in [3.8, 4) is 0 Å². The molecule has 0 unspecified atom stereocenters. The molecule has 106 valence electrons. The molecule has 0 amide bonds. The average Bonchev–Trinajstić information content (AvgIpc) is 2.91. The Balaban J connectivity index is 2.08. The van der Waals surface area contributed by atoms with Crippen LogP contribution in [0.15, 0.2) is 29.6 Å². The molecular weight excluding hydrogens is 274 g/mol. The van der Waals surface area contributed by atoms with Crippen molar-refractivity contribution in [3.05, 3.63) is 35.3 Å². The van der Waals surface area contributed by atoms with Gasteiger partial charge in [0.25, 0.3) is 0 Å². The molecule has 0 atom stereocenters. The van der Waals surface area contributed by atoms with Gasteiger partial charge in [0.2, 0.25) is 0 Å². The highest BCUT2D eigenvalue weighted by Crippen LogP contribution is 2.23. The molecule has 2 N–H and O–H groups in total. The van der Waals surface area contributed by atoms with Gasteiger partial charge < -0.3 is 15.3 Å². The number of rotatable bonds is 6. The van der Waals surface area contributed by atoms with Gasteiger partial charge in [-0.3, -0.25) is 0 Å². The molecule has 0 aliphatic rings. The van der Waals surface area contributed by atoms with E-state index in [9.17, 15) is 4.79 Å². The first kappa shape index (κ1) is 14.3. The maximum absolute atomic E-state index is 10.8. The van der Waals surface area contributed by atoms with Gasteiger partial charge in [-0.1, -0.05) is 0 Å². The summed E-state index contributed by atoms with van der Waals surface area (Å²) in [5.74, 6) is -1.01. The van der Waals surface area contributed by atoms with Crippen molar-refractivity contribution in [3.63, 3.8) is 0 Å². The fourth-order valence-electron chi connectivity index (χ4n) is 1.90. The second-order valence-corrected chi connectivity index (χ2v) is 5.05. The second kappa shape index (κ2) is 6.38. The predicted octanol–water partition coefficient (Wildman–Crippen LogP) is 3.43. The Hall–Kier alpha value is -2.08. The van der Waals surface area contributed by atoms with E-state index in [2.05, 4.69) is 29.0 Å². The molecule has 2 rings (SSSR count). The number of carboxylic acid groups (broad SMARTS) is 1. The normalized spacial score (nSPS) is 10.3. The van der Waals surface area contributed by atoms with Gasteiger partial charge in [-0.15, -0.1) is 11.3 Å². The van der Waals surface area contributed by atoms with Crippen LogP contribution < -0.4 is 10.2 Å². The highest BCUT2D eigenvalue weighted by Gasteiger charge is 2.08. The van der Waals surface area contributed by atoms with E-state index in [0.29, 0.717) is 5.13 Å². The van der Waals surface area contributed by atoms with E-state index in [1.54, 1.807) is 0 Å². The summed E-state index contributed by atoms with van der Waals surface area (Å²) in [5, 5.41) is 14.0. The highest BCUT2D eigenvalue weighted by molar-refractivity contribution is 7.14. The van der Waals surface area contributed by atoms with Crippen molar-refractivity contribution in [1.82, 2.24) is 4.98 Å². The molecule has 0 spiro atoms. The number of aromatic carboxylic acids is 1. The Kier molecular flexibility index (Phi) is 4.57. The van der Waals surface area contributed by atoms with Crippen LogP contribution >= 0.6 is 11.3 Å². The van der Waals surface area contributed by atoms with Crippen molar-refractivity contribution in [2.24, 2.45) is 0 Å². The molecule has 0 saturated heterocycles. The lowest BCUT2D eigenvalue weighted by Gasteiger charge is -2.21. The van der Waals surface area contributed by atoms with Gasteiger partial charge in [0.1, 0.15) is 0 Å². The first-order chi connectivity index (χ1) is 9.63.